The largest absolute Gasteiger partial charge is 0.326 e. The van der Waals surface area contributed by atoms with Gasteiger partial charge >= 0.3 is 0 Å². The second-order valence-corrected chi connectivity index (χ2v) is 4.72. The molecule has 0 aromatic heterocycles. The molecule has 0 bridgehead atoms. The number of benzene rings is 1. The van der Waals surface area contributed by atoms with Gasteiger partial charge in [0.1, 0.15) is 0 Å². The molecule has 2 nitrogen and oxygen atoms in total. The molecule has 0 spiro atoms. The van der Waals surface area contributed by atoms with Crippen LogP contribution in [0.25, 0.3) is 0 Å². The van der Waals surface area contributed by atoms with Crippen molar-refractivity contribution >= 4 is 11.6 Å². The zero-order valence-electron chi connectivity index (χ0n) is 8.92. The number of hydrogen-bond donors (Lipinski definition) is 1. The van der Waals surface area contributed by atoms with E-state index in [1.165, 1.54) is 24.0 Å². The maximum absolute atomic E-state index is 11.8. The van der Waals surface area contributed by atoms with Gasteiger partial charge in [-0.05, 0) is 37.3 Å². The lowest BCUT2D eigenvalue weighted by Gasteiger charge is -2.28. The standard InChI is InChI=1S/C13H15NO/c1-8-5-6-12-11(7-8)9-3-2-4-10(9)13(15)14-12/h5-7,9-10H,2-4H2,1H3,(H,14,15). The van der Waals surface area contributed by atoms with Gasteiger partial charge in [-0.25, -0.2) is 0 Å². The monoisotopic (exact) mass is 201 g/mol. The maximum atomic E-state index is 11.8. The van der Waals surface area contributed by atoms with E-state index in [9.17, 15) is 4.79 Å². The van der Waals surface area contributed by atoms with E-state index >= 15 is 0 Å². The van der Waals surface area contributed by atoms with Crippen molar-refractivity contribution in [2.75, 3.05) is 5.32 Å². The minimum absolute atomic E-state index is 0.230. The van der Waals surface area contributed by atoms with Crippen LogP contribution in [0.15, 0.2) is 18.2 Å². The predicted molar refractivity (Wildman–Crippen MR) is 59.9 cm³/mol. The Morgan fingerprint density at radius 2 is 2.07 bits per heavy atom. The highest BCUT2D eigenvalue weighted by Gasteiger charge is 2.38. The van der Waals surface area contributed by atoms with Crippen molar-refractivity contribution < 1.29 is 4.79 Å². The first-order valence-corrected chi connectivity index (χ1v) is 5.67. The van der Waals surface area contributed by atoms with Crippen molar-refractivity contribution in [3.05, 3.63) is 29.3 Å². The first kappa shape index (κ1) is 8.96. The Balaban J connectivity index is 2.12. The molecule has 3 rings (SSSR count). The van der Waals surface area contributed by atoms with Crippen molar-refractivity contribution in [1.82, 2.24) is 0 Å². The minimum atomic E-state index is 0.230. The number of amides is 1. The van der Waals surface area contributed by atoms with Crippen molar-refractivity contribution in [3.8, 4) is 0 Å². The summed E-state index contributed by atoms with van der Waals surface area (Å²) in [5.41, 5.74) is 3.68. The summed E-state index contributed by atoms with van der Waals surface area (Å²) in [6, 6.07) is 6.34. The third-order valence-electron chi connectivity index (χ3n) is 3.72. The van der Waals surface area contributed by atoms with E-state index in [0.717, 1.165) is 12.1 Å². The molecule has 0 saturated heterocycles. The summed E-state index contributed by atoms with van der Waals surface area (Å²) < 4.78 is 0. The summed E-state index contributed by atoms with van der Waals surface area (Å²) in [5.74, 6) is 0.946. The van der Waals surface area contributed by atoms with Crippen LogP contribution in [0.3, 0.4) is 0 Å². The Kier molecular flexibility index (Phi) is 1.84. The van der Waals surface area contributed by atoms with Gasteiger partial charge in [0, 0.05) is 11.6 Å². The lowest BCUT2D eigenvalue weighted by atomic mass is 9.83. The van der Waals surface area contributed by atoms with Crippen LogP contribution in [-0.4, -0.2) is 5.91 Å². The summed E-state index contributed by atoms with van der Waals surface area (Å²) in [7, 11) is 0. The summed E-state index contributed by atoms with van der Waals surface area (Å²) in [6.45, 7) is 2.11. The third-order valence-corrected chi connectivity index (χ3v) is 3.72. The van der Waals surface area contributed by atoms with Crippen LogP contribution in [-0.2, 0) is 4.79 Å². The number of carbonyl (C=O) groups excluding carboxylic acids is 1. The maximum Gasteiger partial charge on any atom is 0.228 e. The number of aryl methyl sites for hydroxylation is 1. The Bertz CT molecular complexity index is 425. The Hall–Kier alpha value is -1.31. The zero-order valence-corrected chi connectivity index (χ0v) is 8.92. The molecule has 1 heterocycles. The second kappa shape index (κ2) is 3.09. The number of rotatable bonds is 0. The molecule has 1 saturated carbocycles. The van der Waals surface area contributed by atoms with E-state index in [1.54, 1.807) is 0 Å². The lowest BCUT2D eigenvalue weighted by Crippen LogP contribution is -2.30. The molecule has 2 heteroatoms. The van der Waals surface area contributed by atoms with Gasteiger partial charge in [-0.2, -0.15) is 0 Å². The molecule has 1 fully saturated rings. The van der Waals surface area contributed by atoms with E-state index in [0.29, 0.717) is 5.92 Å². The number of anilines is 1. The molecule has 15 heavy (non-hydrogen) atoms. The minimum Gasteiger partial charge on any atom is -0.326 e. The van der Waals surface area contributed by atoms with Crippen LogP contribution in [0.4, 0.5) is 5.69 Å². The van der Waals surface area contributed by atoms with Gasteiger partial charge in [-0.1, -0.05) is 24.1 Å². The number of carbonyl (C=O) groups is 1. The fraction of sp³-hybridized carbons (Fsp3) is 0.462. The summed E-state index contributed by atoms with van der Waals surface area (Å²) in [6.07, 6.45) is 3.43. The van der Waals surface area contributed by atoms with E-state index < -0.39 is 0 Å². The highest BCUT2D eigenvalue weighted by Crippen LogP contribution is 2.46. The first-order chi connectivity index (χ1) is 7.25. The van der Waals surface area contributed by atoms with Crippen LogP contribution in [0, 0.1) is 12.8 Å². The molecule has 2 unspecified atom stereocenters. The van der Waals surface area contributed by atoms with E-state index in [4.69, 9.17) is 0 Å². The van der Waals surface area contributed by atoms with Crippen LogP contribution in [0.2, 0.25) is 0 Å². The fourth-order valence-electron chi connectivity index (χ4n) is 2.97. The van der Waals surface area contributed by atoms with Crippen molar-refractivity contribution in [2.45, 2.75) is 32.1 Å². The molecule has 1 aromatic rings. The average Bonchev–Trinajstić information content (AvgIpc) is 2.69. The van der Waals surface area contributed by atoms with Crippen molar-refractivity contribution in [2.24, 2.45) is 5.92 Å². The van der Waals surface area contributed by atoms with Gasteiger partial charge in [0.2, 0.25) is 5.91 Å². The first-order valence-electron chi connectivity index (χ1n) is 5.67. The number of nitrogens with one attached hydrogen (secondary N) is 1. The Morgan fingerprint density at radius 1 is 1.27 bits per heavy atom. The van der Waals surface area contributed by atoms with Crippen LogP contribution in [0.1, 0.15) is 36.3 Å². The normalized spacial score (nSPS) is 28.2. The molecule has 2 atom stereocenters. The molecular formula is C13H15NO. The predicted octanol–water partition coefficient (Wildman–Crippen LogP) is 2.83. The zero-order chi connectivity index (χ0) is 10.4. The molecule has 0 radical (unpaired) electrons. The molecular weight excluding hydrogens is 186 g/mol. The average molecular weight is 201 g/mol. The SMILES string of the molecule is Cc1ccc2c(c1)C1CCCC1C(=O)N2. The summed E-state index contributed by atoms with van der Waals surface area (Å²) in [4.78, 5) is 11.8. The van der Waals surface area contributed by atoms with Crippen LogP contribution < -0.4 is 5.32 Å². The molecule has 1 N–H and O–H groups in total. The number of hydrogen-bond acceptors (Lipinski definition) is 1. The van der Waals surface area contributed by atoms with Gasteiger partial charge in [-0.15, -0.1) is 0 Å². The van der Waals surface area contributed by atoms with E-state index in [2.05, 4.69) is 24.4 Å². The van der Waals surface area contributed by atoms with Crippen LogP contribution in [0.5, 0.6) is 0 Å². The van der Waals surface area contributed by atoms with Gasteiger partial charge in [0.15, 0.2) is 0 Å². The summed E-state index contributed by atoms with van der Waals surface area (Å²) in [5, 5.41) is 3.02. The molecule has 2 aliphatic rings. The van der Waals surface area contributed by atoms with Gasteiger partial charge in [0.05, 0.1) is 0 Å². The molecule has 1 aromatic carbocycles. The smallest absolute Gasteiger partial charge is 0.228 e. The second-order valence-electron chi connectivity index (χ2n) is 4.72. The number of fused-ring (bicyclic) bond motifs is 3. The molecule has 1 amide bonds. The lowest BCUT2D eigenvalue weighted by molar-refractivity contribution is -0.120. The molecule has 1 aliphatic heterocycles. The fourth-order valence-corrected chi connectivity index (χ4v) is 2.97. The van der Waals surface area contributed by atoms with E-state index in [1.807, 2.05) is 6.07 Å². The van der Waals surface area contributed by atoms with Gasteiger partial charge in [-0.3, -0.25) is 4.79 Å². The van der Waals surface area contributed by atoms with Crippen LogP contribution >= 0.6 is 0 Å². The molecule has 78 valence electrons. The topological polar surface area (TPSA) is 29.1 Å². The van der Waals surface area contributed by atoms with E-state index in [-0.39, 0.29) is 11.8 Å². The highest BCUT2D eigenvalue weighted by molar-refractivity contribution is 5.96. The van der Waals surface area contributed by atoms with Crippen molar-refractivity contribution in [3.63, 3.8) is 0 Å². The van der Waals surface area contributed by atoms with Crippen molar-refractivity contribution in [1.29, 1.82) is 0 Å². The summed E-state index contributed by atoms with van der Waals surface area (Å²) >= 11 is 0. The Morgan fingerprint density at radius 3 is 2.93 bits per heavy atom. The van der Waals surface area contributed by atoms with Gasteiger partial charge < -0.3 is 5.32 Å². The molecule has 1 aliphatic carbocycles. The highest BCUT2D eigenvalue weighted by atomic mass is 16.2. The van der Waals surface area contributed by atoms with Gasteiger partial charge in [0.25, 0.3) is 0 Å². The quantitative estimate of drug-likeness (QED) is 0.687. The Labute approximate surface area is 89.7 Å². The third kappa shape index (κ3) is 1.28.